The minimum Gasteiger partial charge on any atom is -0.480 e. The van der Waals surface area contributed by atoms with E-state index >= 15 is 0 Å². The fourth-order valence-corrected chi connectivity index (χ4v) is 2.02. The van der Waals surface area contributed by atoms with Crippen molar-refractivity contribution < 1.29 is 29.4 Å². The average molecular weight is 374 g/mol. The van der Waals surface area contributed by atoms with Crippen LogP contribution in [0.15, 0.2) is 0 Å². The molecule has 0 saturated carbocycles. The van der Waals surface area contributed by atoms with Crippen molar-refractivity contribution in [2.75, 3.05) is 6.54 Å². The summed E-state index contributed by atoms with van der Waals surface area (Å²) in [4.78, 5) is 47.1. The molecule has 4 unspecified atom stereocenters. The van der Waals surface area contributed by atoms with Crippen molar-refractivity contribution in [3.05, 3.63) is 0 Å². The number of nitrogens with one attached hydrogen (secondary N) is 3. The van der Waals surface area contributed by atoms with Crippen molar-refractivity contribution in [3.63, 3.8) is 0 Å². The largest absolute Gasteiger partial charge is 0.480 e. The van der Waals surface area contributed by atoms with Crippen LogP contribution in [0.2, 0.25) is 0 Å². The Balaban J connectivity index is 4.75. The number of amides is 3. The Morgan fingerprint density at radius 3 is 1.77 bits per heavy atom. The molecular weight excluding hydrogens is 344 g/mol. The summed E-state index contributed by atoms with van der Waals surface area (Å²) in [5.74, 6) is -3.75. The summed E-state index contributed by atoms with van der Waals surface area (Å²) in [7, 11) is 0. The highest BCUT2D eigenvalue weighted by Crippen LogP contribution is 2.04. The van der Waals surface area contributed by atoms with Crippen molar-refractivity contribution in [2.45, 2.75) is 58.8 Å². The summed E-state index contributed by atoms with van der Waals surface area (Å²) < 4.78 is 0. The van der Waals surface area contributed by atoms with Crippen LogP contribution in [-0.4, -0.2) is 64.7 Å². The van der Waals surface area contributed by atoms with Crippen molar-refractivity contribution in [3.8, 4) is 0 Å². The lowest BCUT2D eigenvalue weighted by Crippen LogP contribution is -2.57. The molecule has 0 heterocycles. The van der Waals surface area contributed by atoms with Gasteiger partial charge < -0.3 is 31.9 Å². The van der Waals surface area contributed by atoms with Crippen LogP contribution in [0.25, 0.3) is 0 Å². The van der Waals surface area contributed by atoms with Gasteiger partial charge in [0.25, 0.3) is 0 Å². The second kappa shape index (κ2) is 10.7. The van der Waals surface area contributed by atoms with E-state index in [0.29, 0.717) is 0 Å². The highest BCUT2D eigenvalue weighted by molar-refractivity contribution is 5.92. The van der Waals surface area contributed by atoms with Gasteiger partial charge >= 0.3 is 5.97 Å². The minimum absolute atomic E-state index is 0.300. The Morgan fingerprint density at radius 1 is 0.885 bits per heavy atom. The molecule has 0 radical (unpaired) electrons. The van der Waals surface area contributed by atoms with Crippen LogP contribution in [-0.2, 0) is 19.2 Å². The molecule has 0 aromatic heterocycles. The van der Waals surface area contributed by atoms with Gasteiger partial charge in [0.15, 0.2) is 0 Å². The smallest absolute Gasteiger partial charge is 0.326 e. The summed E-state index contributed by atoms with van der Waals surface area (Å²) in [6.07, 6.45) is -1.08. The van der Waals surface area contributed by atoms with E-state index in [2.05, 4.69) is 16.0 Å². The van der Waals surface area contributed by atoms with E-state index in [-0.39, 0.29) is 11.8 Å². The van der Waals surface area contributed by atoms with E-state index in [1.54, 1.807) is 27.7 Å². The third-order valence-corrected chi connectivity index (χ3v) is 3.74. The van der Waals surface area contributed by atoms with Crippen molar-refractivity contribution >= 4 is 23.7 Å². The van der Waals surface area contributed by atoms with E-state index in [0.717, 1.165) is 0 Å². The molecule has 0 saturated heterocycles. The van der Waals surface area contributed by atoms with Crippen LogP contribution in [0.3, 0.4) is 0 Å². The Bertz CT molecular complexity index is 521. The molecule has 0 aromatic carbocycles. The summed E-state index contributed by atoms with van der Waals surface area (Å²) >= 11 is 0. The number of hydrogen-bond acceptors (Lipinski definition) is 6. The van der Waals surface area contributed by atoms with Gasteiger partial charge in [-0.25, -0.2) is 4.79 Å². The first kappa shape index (κ1) is 23.8. The molecule has 0 rings (SSSR count). The quantitative estimate of drug-likeness (QED) is 0.261. The van der Waals surface area contributed by atoms with Crippen molar-refractivity contribution in [2.24, 2.45) is 17.6 Å². The van der Waals surface area contributed by atoms with Crippen LogP contribution in [0.4, 0.5) is 0 Å². The number of aliphatic carboxylic acids is 1. The molecule has 0 aromatic rings. The Hall–Kier alpha value is -2.20. The maximum atomic E-state index is 12.2. The van der Waals surface area contributed by atoms with Crippen LogP contribution in [0.5, 0.6) is 0 Å². The number of carboxylic acid groups (broad SMARTS) is 1. The predicted molar refractivity (Wildman–Crippen MR) is 93.8 cm³/mol. The van der Waals surface area contributed by atoms with Crippen LogP contribution in [0, 0.1) is 11.8 Å². The molecule has 0 aliphatic rings. The van der Waals surface area contributed by atoms with Gasteiger partial charge in [-0.2, -0.15) is 0 Å². The maximum absolute atomic E-state index is 12.2. The number of carbonyl (C=O) groups excluding carboxylic acids is 3. The SMILES string of the molecule is CC(C)C(NC(=O)CNC(=O)C(NC(=O)C(N)C(C)O)C(C)C)C(=O)O. The molecule has 0 spiro atoms. The van der Waals surface area contributed by atoms with Gasteiger partial charge in [0.05, 0.1) is 12.6 Å². The normalized spacial score (nSPS) is 15.7. The molecule has 10 nitrogen and oxygen atoms in total. The zero-order chi connectivity index (χ0) is 20.6. The molecule has 3 amide bonds. The summed E-state index contributed by atoms with van der Waals surface area (Å²) in [6, 6.07) is -3.21. The van der Waals surface area contributed by atoms with Gasteiger partial charge in [-0.15, -0.1) is 0 Å². The van der Waals surface area contributed by atoms with Gasteiger partial charge in [0.1, 0.15) is 18.1 Å². The monoisotopic (exact) mass is 374 g/mol. The van der Waals surface area contributed by atoms with Gasteiger partial charge in [0, 0.05) is 0 Å². The number of aliphatic hydroxyl groups excluding tert-OH is 1. The van der Waals surface area contributed by atoms with Gasteiger partial charge in [-0.05, 0) is 18.8 Å². The highest BCUT2D eigenvalue weighted by atomic mass is 16.4. The van der Waals surface area contributed by atoms with Crippen LogP contribution >= 0.6 is 0 Å². The van der Waals surface area contributed by atoms with E-state index in [1.807, 2.05) is 0 Å². The summed E-state index contributed by atoms with van der Waals surface area (Å²) in [6.45, 7) is 7.60. The molecule has 4 atom stereocenters. The lowest BCUT2D eigenvalue weighted by atomic mass is 10.0. The molecule has 26 heavy (non-hydrogen) atoms. The van der Waals surface area contributed by atoms with E-state index in [9.17, 15) is 24.3 Å². The lowest BCUT2D eigenvalue weighted by molar-refractivity contribution is -0.143. The Morgan fingerprint density at radius 2 is 1.38 bits per heavy atom. The maximum Gasteiger partial charge on any atom is 0.326 e. The zero-order valence-electron chi connectivity index (χ0n) is 15.8. The number of aliphatic hydroxyl groups is 1. The number of rotatable bonds is 10. The standard InChI is InChI=1S/C16H30N4O6/c1-7(2)12(20-14(23)11(17)9(5)21)15(24)18-6-10(22)19-13(8(3)4)16(25)26/h7-9,11-13,21H,6,17H2,1-5H3,(H,18,24)(H,19,22)(H,20,23)(H,25,26). The van der Waals surface area contributed by atoms with Gasteiger partial charge in [-0.1, -0.05) is 27.7 Å². The second-order valence-corrected chi connectivity index (χ2v) is 6.84. The third kappa shape index (κ3) is 7.79. The molecular formula is C16H30N4O6. The fourth-order valence-electron chi connectivity index (χ4n) is 2.02. The summed E-state index contributed by atoms with van der Waals surface area (Å²) in [5.41, 5.74) is 5.53. The average Bonchev–Trinajstić information content (AvgIpc) is 2.53. The third-order valence-electron chi connectivity index (χ3n) is 3.74. The summed E-state index contributed by atoms with van der Waals surface area (Å²) in [5, 5.41) is 25.5. The molecule has 0 fully saturated rings. The lowest BCUT2D eigenvalue weighted by Gasteiger charge is -2.24. The number of nitrogens with two attached hydrogens (primary N) is 1. The van der Waals surface area contributed by atoms with Gasteiger partial charge in [0.2, 0.25) is 17.7 Å². The van der Waals surface area contributed by atoms with E-state index < -0.39 is 54.5 Å². The molecule has 0 bridgehead atoms. The molecule has 150 valence electrons. The van der Waals surface area contributed by atoms with E-state index in [4.69, 9.17) is 10.8 Å². The zero-order valence-corrected chi connectivity index (χ0v) is 15.8. The van der Waals surface area contributed by atoms with Crippen LogP contribution in [0.1, 0.15) is 34.6 Å². The molecule has 10 heteroatoms. The number of carboxylic acids is 1. The Labute approximate surface area is 152 Å². The number of hydrogen-bond donors (Lipinski definition) is 6. The Kier molecular flexibility index (Phi) is 9.81. The molecule has 0 aliphatic heterocycles. The van der Waals surface area contributed by atoms with Gasteiger partial charge in [-0.3, -0.25) is 14.4 Å². The van der Waals surface area contributed by atoms with Crippen molar-refractivity contribution in [1.82, 2.24) is 16.0 Å². The first-order chi connectivity index (χ1) is 11.9. The molecule has 7 N–H and O–H groups in total. The predicted octanol–water partition coefficient (Wildman–Crippen LogP) is -1.82. The van der Waals surface area contributed by atoms with Crippen LogP contribution < -0.4 is 21.7 Å². The first-order valence-corrected chi connectivity index (χ1v) is 8.42. The topological polar surface area (TPSA) is 171 Å². The van der Waals surface area contributed by atoms with E-state index in [1.165, 1.54) is 6.92 Å². The molecule has 0 aliphatic carbocycles. The minimum atomic E-state index is -1.19. The first-order valence-electron chi connectivity index (χ1n) is 8.42. The second-order valence-electron chi connectivity index (χ2n) is 6.84. The van der Waals surface area contributed by atoms with Crippen molar-refractivity contribution in [1.29, 1.82) is 0 Å². The fraction of sp³-hybridized carbons (Fsp3) is 0.750. The highest BCUT2D eigenvalue weighted by Gasteiger charge is 2.29. The number of carbonyl (C=O) groups is 4.